The van der Waals surface area contributed by atoms with Crippen LogP contribution in [0.1, 0.15) is 37.7 Å². The van der Waals surface area contributed by atoms with E-state index in [0.29, 0.717) is 12.0 Å². The summed E-state index contributed by atoms with van der Waals surface area (Å²) in [5.74, 6) is 0.930. The van der Waals surface area contributed by atoms with Gasteiger partial charge in [0.15, 0.2) is 0 Å². The predicted molar refractivity (Wildman–Crippen MR) is 74.3 cm³/mol. The summed E-state index contributed by atoms with van der Waals surface area (Å²) in [6.45, 7) is 0.686. The lowest BCUT2D eigenvalue weighted by Gasteiger charge is -2.61. The summed E-state index contributed by atoms with van der Waals surface area (Å²) in [5.41, 5.74) is 7.97. The summed E-state index contributed by atoms with van der Waals surface area (Å²) < 4.78 is 5.49. The second-order valence-electron chi connectivity index (χ2n) is 6.04. The SMILES string of the molecule is COc1ccc(Cl)cc1C1(CN)CC2(CCC2)C1. The van der Waals surface area contributed by atoms with Gasteiger partial charge in [-0.1, -0.05) is 18.0 Å². The van der Waals surface area contributed by atoms with Crippen molar-refractivity contribution in [2.45, 2.75) is 37.5 Å². The van der Waals surface area contributed by atoms with Crippen LogP contribution in [0.15, 0.2) is 18.2 Å². The van der Waals surface area contributed by atoms with Crippen LogP contribution in [0.2, 0.25) is 5.02 Å². The maximum absolute atomic E-state index is 6.14. The lowest BCUT2D eigenvalue weighted by Crippen LogP contribution is -2.56. The Morgan fingerprint density at radius 2 is 2.06 bits per heavy atom. The average molecular weight is 266 g/mol. The molecule has 0 aromatic heterocycles. The summed E-state index contributed by atoms with van der Waals surface area (Å²) in [4.78, 5) is 0. The maximum atomic E-state index is 6.14. The summed E-state index contributed by atoms with van der Waals surface area (Å²) in [5, 5.41) is 0.771. The molecule has 1 spiro atoms. The molecule has 0 heterocycles. The summed E-state index contributed by atoms with van der Waals surface area (Å²) in [6, 6.07) is 5.88. The van der Waals surface area contributed by atoms with E-state index in [9.17, 15) is 0 Å². The van der Waals surface area contributed by atoms with Gasteiger partial charge in [0.05, 0.1) is 7.11 Å². The monoisotopic (exact) mass is 265 g/mol. The number of halogens is 1. The predicted octanol–water partition coefficient (Wildman–Crippen LogP) is 3.51. The zero-order valence-corrected chi connectivity index (χ0v) is 11.6. The molecule has 2 saturated carbocycles. The second-order valence-corrected chi connectivity index (χ2v) is 6.47. The Labute approximate surface area is 113 Å². The highest BCUT2D eigenvalue weighted by atomic mass is 35.5. The minimum Gasteiger partial charge on any atom is -0.496 e. The molecule has 0 radical (unpaired) electrons. The Hall–Kier alpha value is -0.730. The third kappa shape index (κ3) is 1.66. The van der Waals surface area contributed by atoms with Crippen LogP contribution in [0.25, 0.3) is 0 Å². The van der Waals surface area contributed by atoms with Crippen LogP contribution in [0.3, 0.4) is 0 Å². The van der Waals surface area contributed by atoms with Gasteiger partial charge in [-0.3, -0.25) is 0 Å². The zero-order chi connectivity index (χ0) is 12.8. The number of hydrogen-bond acceptors (Lipinski definition) is 2. The summed E-state index contributed by atoms with van der Waals surface area (Å²) in [6.07, 6.45) is 6.53. The molecule has 0 aliphatic heterocycles. The molecular weight excluding hydrogens is 246 g/mol. The number of methoxy groups -OCH3 is 1. The topological polar surface area (TPSA) is 35.2 Å². The van der Waals surface area contributed by atoms with Crippen LogP contribution in [-0.2, 0) is 5.41 Å². The van der Waals surface area contributed by atoms with E-state index in [1.807, 2.05) is 18.2 Å². The van der Waals surface area contributed by atoms with Crippen molar-refractivity contribution in [1.82, 2.24) is 0 Å². The van der Waals surface area contributed by atoms with Crippen molar-refractivity contribution in [2.24, 2.45) is 11.1 Å². The first-order chi connectivity index (χ1) is 8.63. The van der Waals surface area contributed by atoms with Gasteiger partial charge in [-0.25, -0.2) is 0 Å². The molecule has 3 rings (SSSR count). The van der Waals surface area contributed by atoms with Crippen molar-refractivity contribution < 1.29 is 4.74 Å². The molecule has 2 fully saturated rings. The Morgan fingerprint density at radius 1 is 1.33 bits per heavy atom. The van der Waals surface area contributed by atoms with Crippen molar-refractivity contribution >= 4 is 11.6 Å². The van der Waals surface area contributed by atoms with E-state index in [2.05, 4.69) is 0 Å². The summed E-state index contributed by atoms with van der Waals surface area (Å²) in [7, 11) is 1.72. The van der Waals surface area contributed by atoms with Gasteiger partial charge in [0, 0.05) is 22.5 Å². The van der Waals surface area contributed by atoms with Crippen LogP contribution in [0.5, 0.6) is 5.75 Å². The number of ether oxygens (including phenoxy) is 1. The number of nitrogens with two attached hydrogens (primary N) is 1. The first kappa shape index (κ1) is 12.3. The molecule has 3 heteroatoms. The highest BCUT2D eigenvalue weighted by Gasteiger charge is 2.57. The van der Waals surface area contributed by atoms with Crippen molar-refractivity contribution in [3.8, 4) is 5.75 Å². The van der Waals surface area contributed by atoms with Crippen LogP contribution < -0.4 is 10.5 Å². The minimum atomic E-state index is 0.0939. The molecule has 0 saturated heterocycles. The Bertz CT molecular complexity index is 460. The fourth-order valence-electron chi connectivity index (χ4n) is 3.95. The van der Waals surface area contributed by atoms with Crippen molar-refractivity contribution in [2.75, 3.05) is 13.7 Å². The number of hydrogen-bond donors (Lipinski definition) is 1. The molecule has 2 aliphatic rings. The van der Waals surface area contributed by atoms with Gasteiger partial charge < -0.3 is 10.5 Å². The number of rotatable bonds is 3. The normalized spacial score (nSPS) is 23.3. The molecule has 2 nitrogen and oxygen atoms in total. The number of benzene rings is 1. The third-order valence-corrected chi connectivity index (χ3v) is 5.20. The van der Waals surface area contributed by atoms with E-state index in [-0.39, 0.29) is 5.41 Å². The lowest BCUT2D eigenvalue weighted by atomic mass is 9.43. The first-order valence-electron chi connectivity index (χ1n) is 6.67. The van der Waals surface area contributed by atoms with Gasteiger partial charge >= 0.3 is 0 Å². The van der Waals surface area contributed by atoms with Crippen molar-refractivity contribution in [3.63, 3.8) is 0 Å². The average Bonchev–Trinajstić information content (AvgIpc) is 2.27. The van der Waals surface area contributed by atoms with Gasteiger partial charge in [0.1, 0.15) is 5.75 Å². The standard InChI is InChI=1S/C15H20ClNO/c1-18-13-4-3-11(16)7-12(13)15(10-17)8-14(9-15)5-2-6-14/h3-4,7H,2,5-6,8-10,17H2,1H3. The maximum Gasteiger partial charge on any atom is 0.122 e. The fourth-order valence-corrected chi connectivity index (χ4v) is 4.13. The van der Waals surface area contributed by atoms with Gasteiger partial charge in [-0.2, -0.15) is 0 Å². The second kappa shape index (κ2) is 4.14. The molecule has 0 amide bonds. The molecule has 0 atom stereocenters. The van der Waals surface area contributed by atoms with E-state index < -0.39 is 0 Å². The van der Waals surface area contributed by atoms with Gasteiger partial charge in [-0.05, 0) is 49.3 Å². The van der Waals surface area contributed by atoms with E-state index in [4.69, 9.17) is 22.1 Å². The Kier molecular flexibility index (Phi) is 2.83. The molecule has 1 aromatic carbocycles. The van der Waals surface area contributed by atoms with E-state index in [1.165, 1.54) is 37.7 Å². The lowest BCUT2D eigenvalue weighted by molar-refractivity contribution is -0.0454. The molecular formula is C15H20ClNO. The molecule has 98 valence electrons. The highest BCUT2D eigenvalue weighted by molar-refractivity contribution is 6.30. The zero-order valence-electron chi connectivity index (χ0n) is 10.8. The van der Waals surface area contributed by atoms with E-state index in [0.717, 1.165) is 10.8 Å². The van der Waals surface area contributed by atoms with Crippen LogP contribution in [0.4, 0.5) is 0 Å². The van der Waals surface area contributed by atoms with Gasteiger partial charge in [0.2, 0.25) is 0 Å². The first-order valence-corrected chi connectivity index (χ1v) is 7.05. The fraction of sp³-hybridized carbons (Fsp3) is 0.600. The van der Waals surface area contributed by atoms with E-state index in [1.54, 1.807) is 7.11 Å². The molecule has 0 unspecified atom stereocenters. The van der Waals surface area contributed by atoms with Crippen molar-refractivity contribution in [1.29, 1.82) is 0 Å². The summed E-state index contributed by atoms with van der Waals surface area (Å²) >= 11 is 6.14. The Morgan fingerprint density at radius 3 is 2.56 bits per heavy atom. The van der Waals surface area contributed by atoms with Gasteiger partial charge in [0.25, 0.3) is 0 Å². The van der Waals surface area contributed by atoms with E-state index >= 15 is 0 Å². The third-order valence-electron chi connectivity index (χ3n) is 4.96. The minimum absolute atomic E-state index is 0.0939. The molecule has 2 N–H and O–H groups in total. The van der Waals surface area contributed by atoms with Gasteiger partial charge in [-0.15, -0.1) is 0 Å². The quantitative estimate of drug-likeness (QED) is 0.908. The largest absolute Gasteiger partial charge is 0.496 e. The molecule has 2 aliphatic carbocycles. The molecule has 0 bridgehead atoms. The van der Waals surface area contributed by atoms with Crippen molar-refractivity contribution in [3.05, 3.63) is 28.8 Å². The Balaban J connectivity index is 1.95. The molecule has 18 heavy (non-hydrogen) atoms. The molecule has 1 aromatic rings. The van der Waals surface area contributed by atoms with Crippen LogP contribution >= 0.6 is 11.6 Å². The smallest absolute Gasteiger partial charge is 0.122 e. The highest BCUT2D eigenvalue weighted by Crippen LogP contribution is 2.65. The van der Waals surface area contributed by atoms with Crippen LogP contribution in [-0.4, -0.2) is 13.7 Å². The van der Waals surface area contributed by atoms with Crippen LogP contribution in [0, 0.1) is 5.41 Å².